The quantitative estimate of drug-likeness (QED) is 0.452. The van der Waals surface area contributed by atoms with Crippen molar-refractivity contribution in [1.82, 2.24) is 4.57 Å². The number of ketones is 1. The van der Waals surface area contributed by atoms with Crippen molar-refractivity contribution in [2.75, 3.05) is 13.2 Å². The molecular weight excluding hydrogens is 334 g/mol. The average molecular weight is 355 g/mol. The molecule has 0 spiro atoms. The molecule has 0 unspecified atom stereocenters. The first kappa shape index (κ1) is 17.9. The van der Waals surface area contributed by atoms with Gasteiger partial charge >= 0.3 is 11.9 Å². The number of hydrogen-bond donors (Lipinski definition) is 0. The van der Waals surface area contributed by atoms with Crippen molar-refractivity contribution in [3.63, 3.8) is 0 Å². The zero-order valence-corrected chi connectivity index (χ0v) is 14.9. The smallest absolute Gasteiger partial charge is 0.329 e. The molecule has 1 aromatic carbocycles. The fourth-order valence-electron chi connectivity index (χ4n) is 3.36. The van der Waals surface area contributed by atoms with Gasteiger partial charge in [0.2, 0.25) is 5.41 Å². The van der Waals surface area contributed by atoms with E-state index in [1.54, 1.807) is 54.9 Å². The zero-order chi connectivity index (χ0) is 18.7. The van der Waals surface area contributed by atoms with E-state index >= 15 is 0 Å². The van der Waals surface area contributed by atoms with E-state index < -0.39 is 17.4 Å². The van der Waals surface area contributed by atoms with Gasteiger partial charge in [0.1, 0.15) is 0 Å². The van der Waals surface area contributed by atoms with Crippen LogP contribution in [-0.2, 0) is 31.0 Å². The Morgan fingerprint density at radius 1 is 1.00 bits per heavy atom. The molecule has 3 rings (SSSR count). The third-order valence-electron chi connectivity index (χ3n) is 4.61. The van der Waals surface area contributed by atoms with Crippen molar-refractivity contribution >= 4 is 17.7 Å². The van der Waals surface area contributed by atoms with Gasteiger partial charge in [-0.15, -0.1) is 0 Å². The molecule has 6 nitrogen and oxygen atoms in total. The van der Waals surface area contributed by atoms with Crippen molar-refractivity contribution in [1.29, 1.82) is 0 Å². The zero-order valence-electron chi connectivity index (χ0n) is 14.9. The SMILES string of the molecule is CCOC(=O)C1(C(=O)OCC)CCn2cc(C(=O)c3ccccc3)cc21. The van der Waals surface area contributed by atoms with Gasteiger partial charge in [-0.25, -0.2) is 0 Å². The van der Waals surface area contributed by atoms with Gasteiger partial charge in [0, 0.05) is 29.6 Å². The minimum absolute atomic E-state index is 0.158. The van der Waals surface area contributed by atoms with Crippen LogP contribution < -0.4 is 0 Å². The van der Waals surface area contributed by atoms with E-state index in [0.717, 1.165) is 0 Å². The van der Waals surface area contributed by atoms with Crippen molar-refractivity contribution < 1.29 is 23.9 Å². The van der Waals surface area contributed by atoms with E-state index in [1.165, 1.54) is 0 Å². The highest BCUT2D eigenvalue weighted by molar-refractivity contribution is 6.11. The van der Waals surface area contributed by atoms with E-state index in [4.69, 9.17) is 9.47 Å². The van der Waals surface area contributed by atoms with Gasteiger partial charge in [-0.3, -0.25) is 14.4 Å². The van der Waals surface area contributed by atoms with E-state index in [1.807, 2.05) is 6.07 Å². The predicted molar refractivity (Wildman–Crippen MR) is 93.9 cm³/mol. The Hall–Kier alpha value is -2.89. The van der Waals surface area contributed by atoms with E-state index in [0.29, 0.717) is 23.4 Å². The number of aryl methyl sites for hydroxylation is 1. The lowest BCUT2D eigenvalue weighted by molar-refractivity contribution is -0.164. The maximum Gasteiger partial charge on any atom is 0.329 e. The molecule has 0 N–H and O–H groups in total. The summed E-state index contributed by atoms with van der Waals surface area (Å²) in [4.78, 5) is 38.1. The molecule has 0 atom stereocenters. The topological polar surface area (TPSA) is 74.6 Å². The molecular formula is C20H21NO5. The Labute approximate surface area is 151 Å². The number of aromatic nitrogens is 1. The van der Waals surface area contributed by atoms with Crippen molar-refractivity contribution in [2.24, 2.45) is 0 Å². The minimum Gasteiger partial charge on any atom is -0.465 e. The summed E-state index contributed by atoms with van der Waals surface area (Å²) in [5.74, 6) is -1.42. The highest BCUT2D eigenvalue weighted by Gasteiger charge is 2.55. The summed E-state index contributed by atoms with van der Waals surface area (Å²) < 4.78 is 12.1. The number of rotatable bonds is 6. The second-order valence-electron chi connectivity index (χ2n) is 6.10. The Kier molecular flexibility index (Phi) is 4.93. The molecule has 1 aliphatic rings. The van der Waals surface area contributed by atoms with Crippen LogP contribution in [0.2, 0.25) is 0 Å². The Morgan fingerprint density at radius 3 is 2.19 bits per heavy atom. The first-order chi connectivity index (χ1) is 12.5. The number of nitrogens with zero attached hydrogens (tertiary/aromatic N) is 1. The van der Waals surface area contributed by atoms with Crippen LogP contribution in [0.5, 0.6) is 0 Å². The number of carbonyl (C=O) groups is 3. The summed E-state index contributed by atoms with van der Waals surface area (Å²) in [6.45, 7) is 4.15. The molecule has 1 aliphatic heterocycles. The van der Waals surface area contributed by atoms with Crippen molar-refractivity contribution in [3.8, 4) is 0 Å². The summed E-state index contributed by atoms with van der Waals surface area (Å²) in [5, 5.41) is 0. The molecule has 0 amide bonds. The van der Waals surface area contributed by atoms with Gasteiger partial charge in [0.25, 0.3) is 0 Å². The first-order valence-electron chi connectivity index (χ1n) is 8.69. The normalized spacial score (nSPS) is 14.5. The van der Waals surface area contributed by atoms with E-state index in [9.17, 15) is 14.4 Å². The summed E-state index contributed by atoms with van der Waals surface area (Å²) in [7, 11) is 0. The number of esters is 2. The molecule has 1 aromatic heterocycles. The summed E-state index contributed by atoms with van der Waals surface area (Å²) >= 11 is 0. The minimum atomic E-state index is -1.51. The third kappa shape index (κ3) is 2.81. The van der Waals surface area contributed by atoms with Crippen LogP contribution in [0.3, 0.4) is 0 Å². The fourth-order valence-corrected chi connectivity index (χ4v) is 3.36. The maximum atomic E-state index is 12.7. The highest BCUT2D eigenvalue weighted by Crippen LogP contribution is 2.39. The molecule has 2 heterocycles. The molecule has 6 heteroatoms. The summed E-state index contributed by atoms with van der Waals surface area (Å²) in [6, 6.07) is 10.5. The largest absolute Gasteiger partial charge is 0.465 e. The van der Waals surface area contributed by atoms with Crippen LogP contribution in [0.25, 0.3) is 0 Å². The van der Waals surface area contributed by atoms with E-state index in [2.05, 4.69) is 0 Å². The number of hydrogen-bond acceptors (Lipinski definition) is 5. The van der Waals surface area contributed by atoms with Gasteiger partial charge in [-0.2, -0.15) is 0 Å². The van der Waals surface area contributed by atoms with Gasteiger partial charge < -0.3 is 14.0 Å². The Bertz CT molecular complexity index is 819. The van der Waals surface area contributed by atoms with Crippen LogP contribution in [0, 0.1) is 0 Å². The molecule has 2 aromatic rings. The second kappa shape index (κ2) is 7.15. The predicted octanol–water partition coefficient (Wildman–Crippen LogP) is 2.49. The summed E-state index contributed by atoms with van der Waals surface area (Å²) in [6.07, 6.45) is 1.95. The molecule has 136 valence electrons. The lowest BCUT2D eigenvalue weighted by atomic mass is 9.83. The molecule has 0 saturated heterocycles. The maximum absolute atomic E-state index is 12.7. The van der Waals surface area contributed by atoms with Crippen LogP contribution in [0.4, 0.5) is 0 Å². The monoisotopic (exact) mass is 355 g/mol. The first-order valence-corrected chi connectivity index (χ1v) is 8.69. The molecule has 0 aliphatic carbocycles. The molecule has 0 saturated carbocycles. The molecule has 0 fully saturated rings. The highest BCUT2D eigenvalue weighted by atomic mass is 16.6. The average Bonchev–Trinajstić information content (AvgIpc) is 3.22. The van der Waals surface area contributed by atoms with Crippen LogP contribution >= 0.6 is 0 Å². The van der Waals surface area contributed by atoms with Crippen molar-refractivity contribution in [3.05, 3.63) is 59.4 Å². The standard InChI is InChI=1S/C20H21NO5/c1-3-25-18(23)20(19(24)26-4-2)10-11-21-13-15(12-16(20)21)17(22)14-8-6-5-7-9-14/h5-9,12-13H,3-4,10-11H2,1-2H3. The van der Waals surface area contributed by atoms with Gasteiger partial charge in [-0.05, 0) is 26.3 Å². The summed E-state index contributed by atoms with van der Waals surface area (Å²) in [5.41, 5.74) is -0.0754. The Balaban J connectivity index is 2.03. The van der Waals surface area contributed by atoms with Crippen molar-refractivity contribution in [2.45, 2.75) is 32.2 Å². The molecule has 0 bridgehead atoms. The number of benzene rings is 1. The molecule has 0 radical (unpaired) electrons. The van der Waals surface area contributed by atoms with Crippen LogP contribution in [-0.4, -0.2) is 35.5 Å². The number of ether oxygens (including phenoxy) is 2. The van der Waals surface area contributed by atoms with Gasteiger partial charge in [0.05, 0.1) is 13.2 Å². The number of carbonyl (C=O) groups excluding carboxylic acids is 3. The molecule has 26 heavy (non-hydrogen) atoms. The fraction of sp³-hybridized carbons (Fsp3) is 0.350. The van der Waals surface area contributed by atoms with Gasteiger partial charge in [-0.1, -0.05) is 30.3 Å². The number of fused-ring (bicyclic) bond motifs is 1. The van der Waals surface area contributed by atoms with E-state index in [-0.39, 0.29) is 25.4 Å². The lowest BCUT2D eigenvalue weighted by Gasteiger charge is -2.24. The lowest BCUT2D eigenvalue weighted by Crippen LogP contribution is -2.44. The van der Waals surface area contributed by atoms with Gasteiger partial charge in [0.15, 0.2) is 5.78 Å². The second-order valence-corrected chi connectivity index (χ2v) is 6.10. The third-order valence-corrected chi connectivity index (χ3v) is 4.61. The Morgan fingerprint density at radius 2 is 1.62 bits per heavy atom. The van der Waals surface area contributed by atoms with Crippen LogP contribution in [0.15, 0.2) is 42.6 Å². The van der Waals surface area contributed by atoms with Crippen LogP contribution in [0.1, 0.15) is 41.9 Å².